The molecule has 190 valence electrons. The first-order valence-electron chi connectivity index (χ1n) is 13.5. The van der Waals surface area contributed by atoms with E-state index in [0.29, 0.717) is 34.6 Å². The maximum absolute atomic E-state index is 13.8. The van der Waals surface area contributed by atoms with E-state index >= 15 is 0 Å². The summed E-state index contributed by atoms with van der Waals surface area (Å²) in [7, 11) is 0. The first kappa shape index (κ1) is 23.5. The van der Waals surface area contributed by atoms with Crippen LogP contribution in [0.4, 0.5) is 8.78 Å². The summed E-state index contributed by atoms with van der Waals surface area (Å²) in [6.07, 6.45) is 9.52. The summed E-state index contributed by atoms with van der Waals surface area (Å²) in [5.41, 5.74) is 0.387. The second kappa shape index (κ2) is 7.80. The third-order valence-electron chi connectivity index (χ3n) is 11.2. The van der Waals surface area contributed by atoms with Crippen LogP contribution in [0.15, 0.2) is 12.1 Å². The molecule has 8 atom stereocenters. The maximum atomic E-state index is 13.8. The van der Waals surface area contributed by atoms with Gasteiger partial charge in [-0.25, -0.2) is 13.5 Å². The molecule has 1 heterocycles. The van der Waals surface area contributed by atoms with E-state index in [1.54, 1.807) is 0 Å². The molecule has 5 nitrogen and oxygen atoms in total. The first-order valence-corrected chi connectivity index (χ1v) is 13.5. The Morgan fingerprint density at radius 2 is 1.74 bits per heavy atom. The fourth-order valence-electron chi connectivity index (χ4n) is 9.30. The van der Waals surface area contributed by atoms with Gasteiger partial charge in [0.25, 0.3) is 0 Å². The number of hydrogen-bond donors (Lipinski definition) is 1. The predicted molar refractivity (Wildman–Crippen MR) is 128 cm³/mol. The van der Waals surface area contributed by atoms with Crippen LogP contribution >= 0.6 is 0 Å². The van der Waals surface area contributed by atoms with Crippen LogP contribution in [0.1, 0.15) is 78.6 Å². The highest BCUT2D eigenvalue weighted by Gasteiger charge is 2.61. The van der Waals surface area contributed by atoms with Crippen molar-refractivity contribution in [1.29, 1.82) is 0 Å². The Bertz CT molecular complexity index is 1180. The Balaban J connectivity index is 1.22. The van der Waals surface area contributed by atoms with Crippen LogP contribution in [-0.2, 0) is 11.3 Å². The number of carbonyl (C=O) groups excluding carboxylic acids is 1. The third-order valence-corrected chi connectivity index (χ3v) is 11.2. The molecular weight excluding hydrogens is 448 g/mol. The van der Waals surface area contributed by atoms with Gasteiger partial charge in [0.2, 0.25) is 0 Å². The molecule has 1 N–H and O–H groups in total. The smallest absolute Gasteiger partial charge is 0.161 e. The monoisotopic (exact) mass is 485 g/mol. The number of benzene rings is 1. The molecule has 1 unspecified atom stereocenters. The van der Waals surface area contributed by atoms with E-state index < -0.39 is 17.2 Å². The SMILES string of the molecule is C[C@@]1(O)CC[C@@]2(C)[C@@H](CCC3[C@@H]2CC[C@]2(C)[C@@H](C(=O)Cn4nnc5cc(F)c(F)cc54)CC[C@@H]32)C1. The standard InChI is InChI=1S/C28H37F2N3O2/c1-26(35)10-11-27(2)16(14-26)4-5-17-18-6-7-20(28(18,3)9-8-19(17)27)25(34)15-33-24-13-22(30)21(29)12-23(24)31-32-33/h12-13,16-20,35H,4-11,14-15H2,1-3H3/t16-,17?,18-,19-,20+,26+,27-,28-/m0/s1. The first-order chi connectivity index (χ1) is 16.5. The van der Waals surface area contributed by atoms with E-state index in [1.165, 1.54) is 17.5 Å². The van der Waals surface area contributed by atoms with E-state index in [0.717, 1.165) is 57.1 Å². The van der Waals surface area contributed by atoms with E-state index in [-0.39, 0.29) is 29.2 Å². The third kappa shape index (κ3) is 3.51. The van der Waals surface area contributed by atoms with Crippen LogP contribution < -0.4 is 0 Å². The van der Waals surface area contributed by atoms with Crippen molar-refractivity contribution in [2.45, 2.75) is 90.7 Å². The second-order valence-electron chi connectivity index (χ2n) is 13.0. The zero-order valence-corrected chi connectivity index (χ0v) is 21.1. The fraction of sp³-hybridized carbons (Fsp3) is 0.750. The maximum Gasteiger partial charge on any atom is 0.161 e. The summed E-state index contributed by atoms with van der Waals surface area (Å²) in [6, 6.07) is 2.12. The molecule has 2 aromatic rings. The zero-order valence-electron chi connectivity index (χ0n) is 21.1. The summed E-state index contributed by atoms with van der Waals surface area (Å²) in [5, 5.41) is 18.7. The molecule has 1 aromatic carbocycles. The molecule has 7 heteroatoms. The minimum absolute atomic E-state index is 0.0185. The summed E-state index contributed by atoms with van der Waals surface area (Å²) in [4.78, 5) is 13.6. The number of nitrogens with zero attached hydrogens (tertiary/aromatic N) is 3. The van der Waals surface area contributed by atoms with Crippen LogP contribution in [0.5, 0.6) is 0 Å². The number of ketones is 1. The molecule has 0 radical (unpaired) electrons. The Morgan fingerprint density at radius 1 is 1.00 bits per heavy atom. The highest BCUT2D eigenvalue weighted by molar-refractivity contribution is 5.84. The molecule has 0 spiro atoms. The molecule has 0 amide bonds. The topological polar surface area (TPSA) is 68.0 Å². The normalized spacial score (nSPS) is 43.0. The number of carbonyl (C=O) groups is 1. The number of Topliss-reactive ketones (excluding diaryl/α,β-unsaturated/α-hetero) is 1. The van der Waals surface area contributed by atoms with Gasteiger partial charge in [-0.1, -0.05) is 19.1 Å². The molecule has 0 saturated heterocycles. The van der Waals surface area contributed by atoms with Crippen molar-refractivity contribution in [1.82, 2.24) is 15.0 Å². The highest BCUT2D eigenvalue weighted by atomic mass is 19.2. The molecule has 4 aliphatic rings. The van der Waals surface area contributed by atoms with Gasteiger partial charge < -0.3 is 5.11 Å². The summed E-state index contributed by atoms with van der Waals surface area (Å²) < 4.78 is 28.8. The van der Waals surface area contributed by atoms with Gasteiger partial charge in [0.05, 0.1) is 11.1 Å². The lowest BCUT2D eigenvalue weighted by atomic mass is 9.44. The van der Waals surface area contributed by atoms with Gasteiger partial charge in [-0.3, -0.25) is 4.79 Å². The minimum Gasteiger partial charge on any atom is -0.390 e. The van der Waals surface area contributed by atoms with Crippen molar-refractivity contribution in [2.75, 3.05) is 0 Å². The Kier molecular flexibility index (Phi) is 5.24. The largest absolute Gasteiger partial charge is 0.390 e. The lowest BCUT2D eigenvalue weighted by molar-refractivity contribution is -0.151. The van der Waals surface area contributed by atoms with Crippen molar-refractivity contribution in [3.8, 4) is 0 Å². The van der Waals surface area contributed by atoms with Gasteiger partial charge in [0.15, 0.2) is 17.4 Å². The number of aliphatic hydroxyl groups is 1. The van der Waals surface area contributed by atoms with E-state index in [2.05, 4.69) is 24.2 Å². The van der Waals surface area contributed by atoms with Crippen molar-refractivity contribution in [3.63, 3.8) is 0 Å². The number of aromatic nitrogens is 3. The van der Waals surface area contributed by atoms with Gasteiger partial charge in [0, 0.05) is 18.1 Å². The van der Waals surface area contributed by atoms with Gasteiger partial charge in [-0.15, -0.1) is 5.10 Å². The number of rotatable bonds is 3. The molecule has 6 rings (SSSR count). The minimum atomic E-state index is -0.955. The van der Waals surface area contributed by atoms with Crippen LogP contribution in [-0.4, -0.2) is 31.5 Å². The summed E-state index contributed by atoms with van der Waals surface area (Å²) >= 11 is 0. The van der Waals surface area contributed by atoms with Gasteiger partial charge in [-0.05, 0) is 99.2 Å². The van der Waals surface area contributed by atoms with Crippen molar-refractivity contribution in [2.24, 2.45) is 40.4 Å². The van der Waals surface area contributed by atoms with E-state index in [4.69, 9.17) is 0 Å². The quantitative estimate of drug-likeness (QED) is 0.607. The summed E-state index contributed by atoms with van der Waals surface area (Å²) in [5.74, 6) is 0.684. The molecular formula is C28H37F2N3O2. The van der Waals surface area contributed by atoms with Gasteiger partial charge in [0.1, 0.15) is 12.1 Å². The molecule has 1 aromatic heterocycles. The van der Waals surface area contributed by atoms with Crippen LogP contribution in [0.25, 0.3) is 11.0 Å². The molecule has 35 heavy (non-hydrogen) atoms. The van der Waals surface area contributed by atoms with Crippen molar-refractivity contribution < 1.29 is 18.7 Å². The van der Waals surface area contributed by atoms with Gasteiger partial charge in [-0.2, -0.15) is 0 Å². The number of halogens is 2. The van der Waals surface area contributed by atoms with Crippen molar-refractivity contribution >= 4 is 16.8 Å². The van der Waals surface area contributed by atoms with E-state index in [9.17, 15) is 18.7 Å². The molecule has 4 saturated carbocycles. The Hall–Kier alpha value is -1.89. The van der Waals surface area contributed by atoms with Crippen LogP contribution in [0.3, 0.4) is 0 Å². The molecule has 0 bridgehead atoms. The lowest BCUT2D eigenvalue weighted by Gasteiger charge is -2.61. The Labute approximate surface area is 205 Å². The van der Waals surface area contributed by atoms with Gasteiger partial charge >= 0.3 is 0 Å². The zero-order chi connectivity index (χ0) is 24.8. The number of fused-ring (bicyclic) bond motifs is 6. The lowest BCUT2D eigenvalue weighted by Crippen LogP contribution is -2.55. The molecule has 0 aliphatic heterocycles. The Morgan fingerprint density at radius 3 is 2.54 bits per heavy atom. The van der Waals surface area contributed by atoms with Crippen LogP contribution in [0, 0.1) is 52.1 Å². The number of hydrogen-bond acceptors (Lipinski definition) is 4. The van der Waals surface area contributed by atoms with Crippen molar-refractivity contribution in [3.05, 3.63) is 23.8 Å². The molecule has 4 fully saturated rings. The van der Waals surface area contributed by atoms with Crippen LogP contribution in [0.2, 0.25) is 0 Å². The van der Waals surface area contributed by atoms with E-state index in [1.807, 2.05) is 6.92 Å². The predicted octanol–water partition coefficient (Wildman–Crippen LogP) is 5.69. The second-order valence-corrected chi connectivity index (χ2v) is 13.0. The summed E-state index contributed by atoms with van der Waals surface area (Å²) in [6.45, 7) is 6.88. The average Bonchev–Trinajstić information content (AvgIpc) is 3.34. The highest BCUT2D eigenvalue weighted by Crippen LogP contribution is 2.68. The average molecular weight is 486 g/mol. The fourth-order valence-corrected chi connectivity index (χ4v) is 9.30. The molecule has 4 aliphatic carbocycles.